The molecule has 1 saturated heterocycles. The Bertz CT molecular complexity index is 852. The van der Waals surface area contributed by atoms with Gasteiger partial charge in [-0.3, -0.25) is 19.3 Å². The lowest BCUT2D eigenvalue weighted by Gasteiger charge is -2.32. The monoisotopic (exact) mass is 383 g/mol. The first-order valence-electron chi connectivity index (χ1n) is 9.91. The summed E-state index contributed by atoms with van der Waals surface area (Å²) in [7, 11) is 0. The van der Waals surface area contributed by atoms with E-state index in [0.717, 1.165) is 34.6 Å². The van der Waals surface area contributed by atoms with Gasteiger partial charge in [-0.1, -0.05) is 24.6 Å². The number of rotatable bonds is 5. The van der Waals surface area contributed by atoms with Crippen LogP contribution in [0.2, 0.25) is 0 Å². The Morgan fingerprint density at radius 2 is 1.89 bits per heavy atom. The van der Waals surface area contributed by atoms with Crippen LogP contribution >= 0.6 is 0 Å². The van der Waals surface area contributed by atoms with Gasteiger partial charge in [0.25, 0.3) is 0 Å². The van der Waals surface area contributed by atoms with Gasteiger partial charge in [0.1, 0.15) is 6.54 Å². The number of fused-ring (bicyclic) bond motifs is 2. The van der Waals surface area contributed by atoms with Crippen LogP contribution in [0.1, 0.15) is 38.2 Å². The molecule has 3 fully saturated rings. The Balaban J connectivity index is 1.44. The third-order valence-electron chi connectivity index (χ3n) is 6.62. The molecule has 5 amide bonds. The molecule has 1 aromatic carbocycles. The van der Waals surface area contributed by atoms with E-state index in [2.05, 4.69) is 5.32 Å². The SMILES string of the molecule is Cc1ccccc1NC(=O)CN1C(=O)C(=O)N([C@H](C)[C@@H]2C[C@H]3CC[C@H]2C3)C1=O. The van der Waals surface area contributed by atoms with E-state index in [-0.39, 0.29) is 12.0 Å². The zero-order chi connectivity index (χ0) is 20.0. The van der Waals surface area contributed by atoms with Crippen molar-refractivity contribution in [1.29, 1.82) is 0 Å². The molecule has 7 nitrogen and oxygen atoms in total. The van der Waals surface area contributed by atoms with E-state index < -0.39 is 30.3 Å². The van der Waals surface area contributed by atoms with Crippen LogP contribution in [0.3, 0.4) is 0 Å². The molecule has 0 radical (unpaired) electrons. The summed E-state index contributed by atoms with van der Waals surface area (Å²) in [5, 5.41) is 2.70. The summed E-state index contributed by atoms with van der Waals surface area (Å²) in [6.45, 7) is 3.24. The molecule has 28 heavy (non-hydrogen) atoms. The maximum absolute atomic E-state index is 12.8. The zero-order valence-corrected chi connectivity index (χ0v) is 16.2. The lowest BCUT2D eigenvalue weighted by Crippen LogP contribution is -2.45. The van der Waals surface area contributed by atoms with Gasteiger partial charge in [-0.05, 0) is 62.5 Å². The summed E-state index contributed by atoms with van der Waals surface area (Å²) in [5.41, 5.74) is 1.49. The molecule has 2 bridgehead atoms. The zero-order valence-electron chi connectivity index (χ0n) is 16.2. The molecule has 4 rings (SSSR count). The minimum Gasteiger partial charge on any atom is -0.324 e. The highest BCUT2D eigenvalue weighted by atomic mass is 16.2. The minimum atomic E-state index is -0.917. The van der Waals surface area contributed by atoms with Gasteiger partial charge in [0.15, 0.2) is 0 Å². The number of carbonyl (C=O) groups is 4. The molecule has 2 aliphatic carbocycles. The van der Waals surface area contributed by atoms with Gasteiger partial charge in [0.05, 0.1) is 0 Å². The Morgan fingerprint density at radius 3 is 2.54 bits per heavy atom. The van der Waals surface area contributed by atoms with Crippen molar-refractivity contribution < 1.29 is 19.2 Å². The number of urea groups is 1. The van der Waals surface area contributed by atoms with Crippen molar-refractivity contribution in [2.24, 2.45) is 17.8 Å². The van der Waals surface area contributed by atoms with Crippen molar-refractivity contribution in [3.63, 3.8) is 0 Å². The minimum absolute atomic E-state index is 0.250. The maximum atomic E-state index is 12.8. The number of hydrogen-bond donors (Lipinski definition) is 1. The topological polar surface area (TPSA) is 86.8 Å². The number of imide groups is 2. The Morgan fingerprint density at radius 1 is 1.14 bits per heavy atom. The summed E-state index contributed by atoms with van der Waals surface area (Å²) in [5.74, 6) is -0.784. The number of para-hydroxylation sites is 1. The van der Waals surface area contributed by atoms with Gasteiger partial charge in [0.2, 0.25) is 5.91 Å². The number of aryl methyl sites for hydroxylation is 1. The molecule has 148 valence electrons. The predicted molar refractivity (Wildman–Crippen MR) is 102 cm³/mol. The van der Waals surface area contributed by atoms with E-state index in [1.54, 1.807) is 12.1 Å². The van der Waals surface area contributed by atoms with Crippen LogP contribution in [0.25, 0.3) is 0 Å². The Labute approximate surface area is 164 Å². The van der Waals surface area contributed by atoms with Crippen LogP contribution in [0.4, 0.5) is 10.5 Å². The number of nitrogens with zero attached hydrogens (tertiary/aromatic N) is 2. The fraction of sp³-hybridized carbons (Fsp3) is 0.524. The molecule has 0 aromatic heterocycles. The van der Waals surface area contributed by atoms with Crippen molar-refractivity contribution in [3.8, 4) is 0 Å². The van der Waals surface area contributed by atoms with Crippen molar-refractivity contribution >= 4 is 29.4 Å². The van der Waals surface area contributed by atoms with Crippen LogP contribution < -0.4 is 5.32 Å². The molecule has 7 heteroatoms. The molecular formula is C21H25N3O4. The number of hydrogen-bond acceptors (Lipinski definition) is 4. The lowest BCUT2D eigenvalue weighted by atomic mass is 9.83. The summed E-state index contributed by atoms with van der Waals surface area (Å²) in [6.07, 6.45) is 4.51. The standard InChI is InChI=1S/C21H25N3O4/c1-12-5-3-4-6-17(12)22-18(25)11-23-19(26)20(27)24(21(23)28)13(2)16-10-14-7-8-15(16)9-14/h3-6,13-16H,7-11H2,1-2H3,(H,22,25)/t13-,14+,15+,16+/m1/s1. The molecule has 1 heterocycles. The highest BCUT2D eigenvalue weighted by Crippen LogP contribution is 2.50. The molecule has 1 N–H and O–H groups in total. The van der Waals surface area contributed by atoms with Crippen LogP contribution in [0, 0.1) is 24.7 Å². The van der Waals surface area contributed by atoms with Crippen LogP contribution in [-0.2, 0) is 14.4 Å². The van der Waals surface area contributed by atoms with Gasteiger partial charge < -0.3 is 5.32 Å². The van der Waals surface area contributed by atoms with E-state index in [1.165, 1.54) is 6.42 Å². The van der Waals surface area contributed by atoms with E-state index in [9.17, 15) is 19.2 Å². The normalized spacial score (nSPS) is 27.6. The lowest BCUT2D eigenvalue weighted by molar-refractivity contribution is -0.144. The molecular weight excluding hydrogens is 358 g/mol. The second kappa shape index (κ2) is 7.04. The molecule has 4 atom stereocenters. The van der Waals surface area contributed by atoms with Gasteiger partial charge >= 0.3 is 17.8 Å². The number of anilines is 1. The Hall–Kier alpha value is -2.70. The summed E-state index contributed by atoms with van der Waals surface area (Å²) < 4.78 is 0. The molecule has 3 aliphatic rings. The predicted octanol–water partition coefficient (Wildman–Crippen LogP) is 2.55. The number of amides is 5. The van der Waals surface area contributed by atoms with Crippen molar-refractivity contribution in [1.82, 2.24) is 9.80 Å². The van der Waals surface area contributed by atoms with Gasteiger partial charge in [-0.25, -0.2) is 9.69 Å². The van der Waals surface area contributed by atoms with E-state index >= 15 is 0 Å². The van der Waals surface area contributed by atoms with E-state index in [1.807, 2.05) is 26.0 Å². The van der Waals surface area contributed by atoms with Crippen molar-refractivity contribution in [3.05, 3.63) is 29.8 Å². The van der Waals surface area contributed by atoms with Crippen LogP contribution in [-0.4, -0.2) is 46.1 Å². The van der Waals surface area contributed by atoms with Crippen molar-refractivity contribution in [2.45, 2.75) is 45.6 Å². The average Bonchev–Trinajstić information content (AvgIpc) is 3.35. The van der Waals surface area contributed by atoms with Gasteiger partial charge in [0, 0.05) is 11.7 Å². The van der Waals surface area contributed by atoms with E-state index in [0.29, 0.717) is 17.5 Å². The first-order chi connectivity index (χ1) is 13.4. The van der Waals surface area contributed by atoms with Gasteiger partial charge in [-0.2, -0.15) is 0 Å². The number of benzene rings is 1. The number of carbonyl (C=O) groups excluding carboxylic acids is 4. The summed E-state index contributed by atoms with van der Waals surface area (Å²) in [6, 6.07) is 6.25. The van der Waals surface area contributed by atoms with Crippen molar-refractivity contribution in [2.75, 3.05) is 11.9 Å². The van der Waals surface area contributed by atoms with Gasteiger partial charge in [-0.15, -0.1) is 0 Å². The highest BCUT2D eigenvalue weighted by molar-refractivity contribution is 6.45. The smallest absolute Gasteiger partial charge is 0.324 e. The third kappa shape index (κ3) is 3.08. The van der Waals surface area contributed by atoms with Crippen LogP contribution in [0.5, 0.6) is 0 Å². The average molecular weight is 383 g/mol. The maximum Gasteiger partial charge on any atom is 0.334 e. The fourth-order valence-electron chi connectivity index (χ4n) is 5.14. The van der Waals surface area contributed by atoms with E-state index in [4.69, 9.17) is 0 Å². The second-order valence-electron chi connectivity index (χ2n) is 8.29. The number of nitrogens with one attached hydrogen (secondary N) is 1. The molecule has 0 unspecified atom stereocenters. The first kappa shape index (κ1) is 18.7. The van der Waals surface area contributed by atoms with Crippen LogP contribution in [0.15, 0.2) is 24.3 Å². The Kier molecular flexibility index (Phi) is 4.69. The second-order valence-corrected chi connectivity index (χ2v) is 8.29. The quantitative estimate of drug-likeness (QED) is 0.625. The third-order valence-corrected chi connectivity index (χ3v) is 6.62. The fourth-order valence-corrected chi connectivity index (χ4v) is 5.14. The molecule has 2 saturated carbocycles. The largest absolute Gasteiger partial charge is 0.334 e. The summed E-state index contributed by atoms with van der Waals surface area (Å²) in [4.78, 5) is 51.9. The molecule has 1 aliphatic heterocycles. The first-order valence-corrected chi connectivity index (χ1v) is 9.91. The highest BCUT2D eigenvalue weighted by Gasteiger charge is 2.52. The summed E-state index contributed by atoms with van der Waals surface area (Å²) >= 11 is 0. The molecule has 1 aromatic rings. The molecule has 0 spiro atoms.